The quantitative estimate of drug-likeness (QED) is 0.546. The second-order valence-corrected chi connectivity index (χ2v) is 5.15. The van der Waals surface area contributed by atoms with Crippen LogP contribution in [0.15, 0.2) is 41.3 Å². The van der Waals surface area contributed by atoms with Gasteiger partial charge in [-0.15, -0.1) is 18.3 Å². The standard InChI is InChI=1S/C14H18OS/c1-11(2)4-7-13(15)10-16-14-8-5-12(3)6-9-14/h5-6,8-9H,1,4,7,10H2,2-3H3. The summed E-state index contributed by atoms with van der Waals surface area (Å²) in [5, 5.41) is 0. The van der Waals surface area contributed by atoms with E-state index in [4.69, 9.17) is 0 Å². The normalized spacial score (nSPS) is 10.1. The van der Waals surface area contributed by atoms with Gasteiger partial charge in [0.15, 0.2) is 0 Å². The van der Waals surface area contributed by atoms with Crippen LogP contribution in [0, 0.1) is 6.92 Å². The van der Waals surface area contributed by atoms with Gasteiger partial charge >= 0.3 is 0 Å². The summed E-state index contributed by atoms with van der Waals surface area (Å²) in [4.78, 5) is 12.7. The molecule has 0 aromatic heterocycles. The Kier molecular flexibility index (Phi) is 5.33. The van der Waals surface area contributed by atoms with Crippen molar-refractivity contribution in [1.29, 1.82) is 0 Å². The number of ketones is 1. The van der Waals surface area contributed by atoms with Gasteiger partial charge in [0.1, 0.15) is 5.78 Å². The highest BCUT2D eigenvalue weighted by Crippen LogP contribution is 2.19. The summed E-state index contributed by atoms with van der Waals surface area (Å²) in [6.07, 6.45) is 1.43. The van der Waals surface area contributed by atoms with Crippen molar-refractivity contribution in [1.82, 2.24) is 0 Å². The van der Waals surface area contributed by atoms with Crippen LogP contribution in [0.2, 0.25) is 0 Å². The lowest BCUT2D eigenvalue weighted by atomic mass is 10.1. The van der Waals surface area contributed by atoms with Gasteiger partial charge in [-0.2, -0.15) is 0 Å². The van der Waals surface area contributed by atoms with Gasteiger partial charge in [0.2, 0.25) is 0 Å². The molecule has 1 aromatic rings. The number of Topliss-reactive ketones (excluding diaryl/α,β-unsaturated/α-hetero) is 1. The Morgan fingerprint density at radius 3 is 2.44 bits per heavy atom. The van der Waals surface area contributed by atoms with Crippen LogP contribution in [0.5, 0.6) is 0 Å². The Morgan fingerprint density at radius 1 is 1.25 bits per heavy atom. The zero-order chi connectivity index (χ0) is 12.0. The first-order chi connectivity index (χ1) is 7.58. The molecule has 0 aliphatic carbocycles. The van der Waals surface area contributed by atoms with Gasteiger partial charge in [-0.3, -0.25) is 4.79 Å². The molecule has 0 atom stereocenters. The molecule has 0 saturated carbocycles. The Balaban J connectivity index is 2.31. The third kappa shape index (κ3) is 5.17. The van der Waals surface area contributed by atoms with Crippen molar-refractivity contribution >= 4 is 17.5 Å². The van der Waals surface area contributed by atoms with E-state index in [0.29, 0.717) is 18.0 Å². The molecule has 0 unspecified atom stereocenters. The third-order valence-electron chi connectivity index (χ3n) is 2.25. The topological polar surface area (TPSA) is 17.1 Å². The highest BCUT2D eigenvalue weighted by molar-refractivity contribution is 8.00. The first kappa shape index (κ1) is 13.0. The van der Waals surface area contributed by atoms with Crippen molar-refractivity contribution in [3.05, 3.63) is 42.0 Å². The number of rotatable bonds is 6. The summed E-state index contributed by atoms with van der Waals surface area (Å²) in [5.41, 5.74) is 2.33. The number of carbonyl (C=O) groups is 1. The maximum atomic E-state index is 11.5. The molecule has 0 radical (unpaired) electrons. The molecular formula is C14H18OS. The molecule has 0 aliphatic rings. The van der Waals surface area contributed by atoms with Crippen molar-refractivity contribution in [2.45, 2.75) is 31.6 Å². The van der Waals surface area contributed by atoms with Gasteiger partial charge in [0.05, 0.1) is 5.75 Å². The Hall–Kier alpha value is -1.02. The molecule has 16 heavy (non-hydrogen) atoms. The highest BCUT2D eigenvalue weighted by Gasteiger charge is 2.03. The fourth-order valence-electron chi connectivity index (χ4n) is 1.22. The maximum absolute atomic E-state index is 11.5. The largest absolute Gasteiger partial charge is 0.299 e. The number of hydrogen-bond donors (Lipinski definition) is 0. The van der Waals surface area contributed by atoms with Gasteiger partial charge < -0.3 is 0 Å². The Labute approximate surface area is 102 Å². The summed E-state index contributed by atoms with van der Waals surface area (Å²) < 4.78 is 0. The molecule has 0 aliphatic heterocycles. The molecule has 0 bridgehead atoms. The Morgan fingerprint density at radius 2 is 1.88 bits per heavy atom. The maximum Gasteiger partial charge on any atom is 0.143 e. The van der Waals surface area contributed by atoms with Crippen LogP contribution in [0.25, 0.3) is 0 Å². The number of allylic oxidation sites excluding steroid dienone is 1. The SMILES string of the molecule is C=C(C)CCC(=O)CSc1ccc(C)cc1. The highest BCUT2D eigenvalue weighted by atomic mass is 32.2. The minimum atomic E-state index is 0.300. The number of carbonyl (C=O) groups excluding carboxylic acids is 1. The number of benzene rings is 1. The molecule has 0 heterocycles. The smallest absolute Gasteiger partial charge is 0.143 e. The fraction of sp³-hybridized carbons (Fsp3) is 0.357. The Bertz CT molecular complexity index is 365. The zero-order valence-electron chi connectivity index (χ0n) is 9.95. The van der Waals surface area contributed by atoms with E-state index in [1.165, 1.54) is 5.56 Å². The van der Waals surface area contributed by atoms with Crippen LogP contribution in [0.3, 0.4) is 0 Å². The number of aryl methyl sites for hydroxylation is 1. The minimum absolute atomic E-state index is 0.300. The zero-order valence-corrected chi connectivity index (χ0v) is 10.8. The summed E-state index contributed by atoms with van der Waals surface area (Å²) >= 11 is 1.61. The van der Waals surface area contributed by atoms with E-state index in [0.717, 1.165) is 16.9 Å². The lowest BCUT2D eigenvalue weighted by Gasteiger charge is -2.02. The van der Waals surface area contributed by atoms with E-state index in [9.17, 15) is 4.79 Å². The van der Waals surface area contributed by atoms with Crippen molar-refractivity contribution in [3.63, 3.8) is 0 Å². The van der Waals surface area contributed by atoms with Crippen molar-refractivity contribution < 1.29 is 4.79 Å². The van der Waals surface area contributed by atoms with Crippen LogP contribution in [-0.2, 0) is 4.79 Å². The van der Waals surface area contributed by atoms with E-state index < -0.39 is 0 Å². The number of hydrogen-bond acceptors (Lipinski definition) is 2. The summed E-state index contributed by atoms with van der Waals surface area (Å²) in [6.45, 7) is 7.82. The molecular weight excluding hydrogens is 216 g/mol. The van der Waals surface area contributed by atoms with Crippen molar-refractivity contribution in [2.24, 2.45) is 0 Å². The monoisotopic (exact) mass is 234 g/mol. The van der Waals surface area contributed by atoms with Crippen LogP contribution < -0.4 is 0 Å². The molecule has 2 heteroatoms. The van der Waals surface area contributed by atoms with E-state index in [-0.39, 0.29) is 0 Å². The fourth-order valence-corrected chi connectivity index (χ4v) is 2.02. The van der Waals surface area contributed by atoms with Gasteiger partial charge in [-0.05, 0) is 32.4 Å². The molecule has 0 amide bonds. The first-order valence-corrected chi connectivity index (χ1v) is 6.42. The molecule has 0 saturated heterocycles. The first-order valence-electron chi connectivity index (χ1n) is 5.43. The number of thioether (sulfide) groups is 1. The minimum Gasteiger partial charge on any atom is -0.299 e. The van der Waals surface area contributed by atoms with Crippen LogP contribution in [-0.4, -0.2) is 11.5 Å². The average Bonchev–Trinajstić information content (AvgIpc) is 2.25. The molecule has 0 fully saturated rings. The van der Waals surface area contributed by atoms with Gasteiger partial charge in [0.25, 0.3) is 0 Å². The van der Waals surface area contributed by atoms with E-state index in [2.05, 4.69) is 37.8 Å². The second-order valence-electron chi connectivity index (χ2n) is 4.10. The van der Waals surface area contributed by atoms with E-state index >= 15 is 0 Å². The predicted octanol–water partition coefficient (Wildman–Crippen LogP) is 4.01. The molecule has 86 valence electrons. The third-order valence-corrected chi connectivity index (χ3v) is 3.32. The summed E-state index contributed by atoms with van der Waals surface area (Å²) in [6, 6.07) is 8.26. The van der Waals surface area contributed by atoms with E-state index in [1.54, 1.807) is 11.8 Å². The molecule has 0 spiro atoms. The van der Waals surface area contributed by atoms with Crippen molar-refractivity contribution in [2.75, 3.05) is 5.75 Å². The van der Waals surface area contributed by atoms with Gasteiger partial charge in [-0.25, -0.2) is 0 Å². The summed E-state index contributed by atoms with van der Waals surface area (Å²) in [7, 11) is 0. The summed E-state index contributed by atoms with van der Waals surface area (Å²) in [5.74, 6) is 0.865. The lowest BCUT2D eigenvalue weighted by molar-refractivity contribution is -0.116. The van der Waals surface area contributed by atoms with Crippen LogP contribution in [0.4, 0.5) is 0 Å². The molecule has 1 nitrogen and oxygen atoms in total. The molecule has 1 aromatic carbocycles. The molecule has 1 rings (SSSR count). The van der Waals surface area contributed by atoms with Gasteiger partial charge in [0, 0.05) is 11.3 Å². The van der Waals surface area contributed by atoms with Crippen molar-refractivity contribution in [3.8, 4) is 0 Å². The predicted molar refractivity (Wildman–Crippen MR) is 71.0 cm³/mol. The van der Waals surface area contributed by atoms with Gasteiger partial charge in [-0.1, -0.05) is 23.3 Å². The van der Waals surface area contributed by atoms with E-state index in [1.807, 2.05) is 6.92 Å². The van der Waals surface area contributed by atoms with Crippen LogP contribution >= 0.6 is 11.8 Å². The average molecular weight is 234 g/mol. The lowest BCUT2D eigenvalue weighted by Crippen LogP contribution is -2.00. The second kappa shape index (κ2) is 6.54. The molecule has 0 N–H and O–H groups in total. The van der Waals surface area contributed by atoms with Crippen LogP contribution in [0.1, 0.15) is 25.3 Å².